The van der Waals surface area contributed by atoms with Gasteiger partial charge in [-0.25, -0.2) is 0 Å². The van der Waals surface area contributed by atoms with Crippen molar-refractivity contribution in [3.63, 3.8) is 0 Å². The van der Waals surface area contributed by atoms with Crippen LogP contribution in [-0.4, -0.2) is 12.0 Å². The molecule has 0 fully saturated rings. The number of nitro benzene ring substituents is 1. The van der Waals surface area contributed by atoms with Gasteiger partial charge in [-0.1, -0.05) is 36.3 Å². The number of rotatable bonds is 7. The van der Waals surface area contributed by atoms with Gasteiger partial charge in [0.15, 0.2) is 0 Å². The Balaban J connectivity index is 1.76. The first-order chi connectivity index (χ1) is 14.2. The minimum absolute atomic E-state index is 0.0639. The van der Waals surface area contributed by atoms with Gasteiger partial charge in [-0.05, 0) is 53.9 Å². The molecule has 0 saturated heterocycles. The smallest absolute Gasteiger partial charge is 0.269 e. The van der Waals surface area contributed by atoms with Gasteiger partial charge in [-0.2, -0.15) is 0 Å². The number of benzene rings is 3. The molecule has 0 amide bonds. The molecule has 0 bridgehead atoms. The van der Waals surface area contributed by atoms with Crippen LogP contribution in [0.25, 0.3) is 0 Å². The topological polar surface area (TPSA) is 64.4 Å². The second kappa shape index (κ2) is 9.95. The minimum atomic E-state index is -0.402. The van der Waals surface area contributed by atoms with E-state index in [9.17, 15) is 10.1 Å². The summed E-state index contributed by atoms with van der Waals surface area (Å²) >= 11 is 0. The number of anilines is 1. The van der Waals surface area contributed by atoms with Crippen LogP contribution in [0.15, 0.2) is 78.9 Å². The first-order valence-electron chi connectivity index (χ1n) is 9.33. The number of nitrogens with zero attached hydrogens (tertiary/aromatic N) is 1. The van der Waals surface area contributed by atoms with Crippen LogP contribution >= 0.6 is 0 Å². The molecule has 0 aliphatic rings. The molecule has 0 unspecified atom stereocenters. The number of nitrogens with one attached hydrogen (secondary N) is 1. The Kier molecular flexibility index (Phi) is 6.85. The number of non-ortho nitro benzene ring substituents is 1. The predicted molar refractivity (Wildman–Crippen MR) is 115 cm³/mol. The van der Waals surface area contributed by atoms with E-state index < -0.39 is 4.92 Å². The lowest BCUT2D eigenvalue weighted by Gasteiger charge is -2.15. The highest BCUT2D eigenvalue weighted by molar-refractivity contribution is 5.51. The summed E-state index contributed by atoms with van der Waals surface area (Å²) in [6, 6.07) is 24.0. The van der Waals surface area contributed by atoms with Crippen molar-refractivity contribution in [2.24, 2.45) is 0 Å². The number of aryl methyl sites for hydroxylation is 1. The molecule has 3 aromatic carbocycles. The standard InChI is InChI=1S/C24H22N2O3/c1-29-23-17-13-21(14-18-23)25-24(20-11-15-22(16-12-20)26(27)28)10-6-5-9-19-7-3-2-4-8-19/h2-4,7-8,11-18,24-25H,5,9H2,1H3/t24-/m0/s1. The van der Waals surface area contributed by atoms with Crippen molar-refractivity contribution >= 4 is 11.4 Å². The summed E-state index contributed by atoms with van der Waals surface area (Å²) in [5.74, 6) is 7.29. The molecule has 0 aliphatic heterocycles. The normalized spacial score (nSPS) is 11.1. The van der Waals surface area contributed by atoms with Crippen LogP contribution < -0.4 is 10.1 Å². The van der Waals surface area contributed by atoms with Crippen LogP contribution in [0.4, 0.5) is 11.4 Å². The molecule has 5 nitrogen and oxygen atoms in total. The highest BCUT2D eigenvalue weighted by Gasteiger charge is 2.11. The fourth-order valence-electron chi connectivity index (χ4n) is 2.87. The number of methoxy groups -OCH3 is 1. The lowest BCUT2D eigenvalue weighted by Crippen LogP contribution is -2.09. The monoisotopic (exact) mass is 386 g/mol. The maximum atomic E-state index is 10.9. The summed E-state index contributed by atoms with van der Waals surface area (Å²) in [7, 11) is 1.63. The Hall–Kier alpha value is -3.78. The molecular weight excluding hydrogens is 364 g/mol. The SMILES string of the molecule is COc1ccc(N[C@@H](C#CCCc2ccccc2)c2ccc([N+](=O)[O-])cc2)cc1. The zero-order valence-electron chi connectivity index (χ0n) is 16.2. The Morgan fingerprint density at radius 3 is 2.31 bits per heavy atom. The van der Waals surface area contributed by atoms with E-state index in [0.717, 1.165) is 29.8 Å². The molecule has 29 heavy (non-hydrogen) atoms. The third-order valence-electron chi connectivity index (χ3n) is 4.47. The first-order valence-corrected chi connectivity index (χ1v) is 9.33. The molecule has 5 heteroatoms. The molecule has 1 N–H and O–H groups in total. The second-order valence-corrected chi connectivity index (χ2v) is 6.46. The average Bonchev–Trinajstić information content (AvgIpc) is 2.77. The Labute approximate surface area is 170 Å². The first kappa shape index (κ1) is 20.0. The summed E-state index contributed by atoms with van der Waals surface area (Å²) in [6.07, 6.45) is 1.61. The highest BCUT2D eigenvalue weighted by Crippen LogP contribution is 2.23. The van der Waals surface area contributed by atoms with Gasteiger partial charge in [0, 0.05) is 24.2 Å². The largest absolute Gasteiger partial charge is 0.497 e. The van der Waals surface area contributed by atoms with Gasteiger partial charge in [0.1, 0.15) is 11.8 Å². The fraction of sp³-hybridized carbons (Fsp3) is 0.167. The third kappa shape index (κ3) is 5.85. The van der Waals surface area contributed by atoms with Crippen LogP contribution in [0.5, 0.6) is 5.75 Å². The molecule has 1 atom stereocenters. The Bertz CT molecular complexity index is 988. The maximum Gasteiger partial charge on any atom is 0.269 e. The Morgan fingerprint density at radius 1 is 1.00 bits per heavy atom. The maximum absolute atomic E-state index is 10.9. The van der Waals surface area contributed by atoms with Gasteiger partial charge < -0.3 is 10.1 Å². The summed E-state index contributed by atoms with van der Waals surface area (Å²) in [6.45, 7) is 0. The summed E-state index contributed by atoms with van der Waals surface area (Å²) < 4.78 is 5.20. The molecule has 0 spiro atoms. The number of ether oxygens (including phenoxy) is 1. The van der Waals surface area contributed by atoms with Crippen LogP contribution in [0.3, 0.4) is 0 Å². The average molecular weight is 386 g/mol. The molecule has 0 saturated carbocycles. The van der Waals surface area contributed by atoms with E-state index in [1.54, 1.807) is 19.2 Å². The van der Waals surface area contributed by atoms with E-state index in [1.165, 1.54) is 17.7 Å². The van der Waals surface area contributed by atoms with Crippen LogP contribution in [0.1, 0.15) is 23.6 Å². The summed E-state index contributed by atoms with van der Waals surface area (Å²) in [4.78, 5) is 10.5. The van der Waals surface area contributed by atoms with Crippen LogP contribution in [0, 0.1) is 22.0 Å². The molecule has 3 aromatic rings. The van der Waals surface area contributed by atoms with E-state index in [-0.39, 0.29) is 11.7 Å². The van der Waals surface area contributed by atoms with Crippen molar-refractivity contribution in [1.29, 1.82) is 0 Å². The predicted octanol–water partition coefficient (Wildman–Crippen LogP) is 5.39. The van der Waals surface area contributed by atoms with Gasteiger partial charge in [0.25, 0.3) is 5.69 Å². The number of nitro groups is 1. The molecular formula is C24H22N2O3. The molecule has 146 valence electrons. The second-order valence-electron chi connectivity index (χ2n) is 6.46. The van der Waals surface area contributed by atoms with Crippen molar-refractivity contribution < 1.29 is 9.66 Å². The molecule has 0 aromatic heterocycles. The van der Waals surface area contributed by atoms with Gasteiger partial charge in [0.05, 0.1) is 12.0 Å². The van der Waals surface area contributed by atoms with E-state index >= 15 is 0 Å². The highest BCUT2D eigenvalue weighted by atomic mass is 16.6. The minimum Gasteiger partial charge on any atom is -0.497 e. The van der Waals surface area contributed by atoms with Crippen molar-refractivity contribution in [1.82, 2.24) is 0 Å². The van der Waals surface area contributed by atoms with Crippen molar-refractivity contribution in [3.8, 4) is 17.6 Å². The summed E-state index contributed by atoms with van der Waals surface area (Å²) in [5, 5.41) is 14.3. The molecule has 3 rings (SSSR count). The number of hydrogen-bond donors (Lipinski definition) is 1. The van der Waals surface area contributed by atoms with E-state index in [1.807, 2.05) is 42.5 Å². The lowest BCUT2D eigenvalue weighted by molar-refractivity contribution is -0.384. The van der Waals surface area contributed by atoms with Gasteiger partial charge in [-0.15, -0.1) is 5.92 Å². The van der Waals surface area contributed by atoms with E-state index in [0.29, 0.717) is 0 Å². The van der Waals surface area contributed by atoms with Crippen LogP contribution in [0.2, 0.25) is 0 Å². The van der Waals surface area contributed by atoms with Gasteiger partial charge >= 0.3 is 0 Å². The number of hydrogen-bond acceptors (Lipinski definition) is 4. The van der Waals surface area contributed by atoms with Crippen molar-refractivity contribution in [2.45, 2.75) is 18.9 Å². The van der Waals surface area contributed by atoms with Crippen LogP contribution in [-0.2, 0) is 6.42 Å². The third-order valence-corrected chi connectivity index (χ3v) is 4.47. The fourth-order valence-corrected chi connectivity index (χ4v) is 2.87. The van der Waals surface area contributed by atoms with Crippen molar-refractivity contribution in [3.05, 3.63) is 100 Å². The van der Waals surface area contributed by atoms with Crippen molar-refractivity contribution in [2.75, 3.05) is 12.4 Å². The van der Waals surface area contributed by atoms with E-state index in [2.05, 4.69) is 29.3 Å². The van der Waals surface area contributed by atoms with Gasteiger partial charge in [-0.3, -0.25) is 10.1 Å². The van der Waals surface area contributed by atoms with Gasteiger partial charge in [0.2, 0.25) is 0 Å². The van der Waals surface area contributed by atoms with E-state index in [4.69, 9.17) is 4.74 Å². The molecule has 0 heterocycles. The zero-order chi connectivity index (χ0) is 20.5. The quantitative estimate of drug-likeness (QED) is 0.336. The Morgan fingerprint density at radius 2 is 1.69 bits per heavy atom. The zero-order valence-corrected chi connectivity index (χ0v) is 16.2. The molecule has 0 radical (unpaired) electrons. The molecule has 0 aliphatic carbocycles. The lowest BCUT2D eigenvalue weighted by atomic mass is 10.1. The summed E-state index contributed by atoms with van der Waals surface area (Å²) in [5.41, 5.74) is 3.08.